The van der Waals surface area contributed by atoms with Crippen molar-refractivity contribution in [1.82, 2.24) is 5.32 Å². The number of hydrogen-bond acceptors (Lipinski definition) is 2. The topological polar surface area (TPSA) is 32.3 Å². The maximum absolute atomic E-state index is 13.0. The van der Waals surface area contributed by atoms with Gasteiger partial charge in [0, 0.05) is 11.3 Å². The first kappa shape index (κ1) is 13.5. The summed E-state index contributed by atoms with van der Waals surface area (Å²) < 4.78 is 0. The fourth-order valence-corrected chi connectivity index (χ4v) is 3.84. The third kappa shape index (κ3) is 2.13. The minimum absolute atomic E-state index is 0.144. The van der Waals surface area contributed by atoms with Crippen molar-refractivity contribution in [3.05, 3.63) is 65.7 Å². The first-order valence-corrected chi connectivity index (χ1v) is 8.04. The molecule has 3 heteroatoms. The number of carbonyl (C=O) groups excluding carboxylic acids is 1. The van der Waals surface area contributed by atoms with Gasteiger partial charge in [-0.2, -0.15) is 0 Å². The highest BCUT2D eigenvalue weighted by molar-refractivity contribution is 6.11. The van der Waals surface area contributed by atoms with E-state index in [2.05, 4.69) is 17.4 Å². The average molecular weight is 292 g/mol. The Hall–Kier alpha value is -2.13. The third-order valence-electron chi connectivity index (χ3n) is 4.87. The molecule has 1 atom stereocenters. The van der Waals surface area contributed by atoms with Gasteiger partial charge in [-0.15, -0.1) is 0 Å². The molecular weight excluding hydrogens is 272 g/mol. The van der Waals surface area contributed by atoms with Crippen molar-refractivity contribution in [2.24, 2.45) is 5.92 Å². The number of nitrogens with zero attached hydrogens (tertiary/aromatic N) is 1. The average Bonchev–Trinajstić information content (AvgIpc) is 2.90. The highest BCUT2D eigenvalue weighted by Gasteiger charge is 2.41. The van der Waals surface area contributed by atoms with Gasteiger partial charge in [-0.05, 0) is 55.6 Å². The van der Waals surface area contributed by atoms with Crippen molar-refractivity contribution in [3.63, 3.8) is 0 Å². The van der Waals surface area contributed by atoms with E-state index in [4.69, 9.17) is 0 Å². The lowest BCUT2D eigenvalue weighted by molar-refractivity contribution is 0.0982. The van der Waals surface area contributed by atoms with Crippen LogP contribution < -0.4 is 10.2 Å². The van der Waals surface area contributed by atoms with E-state index in [-0.39, 0.29) is 11.9 Å². The Labute approximate surface area is 131 Å². The van der Waals surface area contributed by atoms with E-state index >= 15 is 0 Å². The molecule has 2 aliphatic heterocycles. The molecule has 0 bridgehead atoms. The summed E-state index contributed by atoms with van der Waals surface area (Å²) in [4.78, 5) is 15.0. The number of anilines is 1. The predicted octanol–water partition coefficient (Wildman–Crippen LogP) is 3.39. The number of para-hydroxylation sites is 1. The Kier molecular flexibility index (Phi) is 3.43. The Morgan fingerprint density at radius 1 is 0.909 bits per heavy atom. The zero-order valence-electron chi connectivity index (χ0n) is 12.5. The van der Waals surface area contributed by atoms with Gasteiger partial charge in [-0.25, -0.2) is 0 Å². The highest BCUT2D eigenvalue weighted by Crippen LogP contribution is 2.44. The van der Waals surface area contributed by atoms with Gasteiger partial charge >= 0.3 is 0 Å². The zero-order chi connectivity index (χ0) is 14.9. The standard InChI is InChI=1S/C19H20N2O/c22-19-17-9-5-4-8-16(17)18(14-10-12-20-13-11-14)21(19)15-6-2-1-3-7-15/h1-9,14,18,20H,10-13H2. The molecule has 1 amide bonds. The quantitative estimate of drug-likeness (QED) is 0.920. The van der Waals surface area contributed by atoms with Crippen molar-refractivity contribution < 1.29 is 4.79 Å². The molecule has 1 fully saturated rings. The maximum Gasteiger partial charge on any atom is 0.259 e. The smallest absolute Gasteiger partial charge is 0.259 e. The summed E-state index contributed by atoms with van der Waals surface area (Å²) >= 11 is 0. The number of amides is 1. The molecule has 0 saturated carbocycles. The van der Waals surface area contributed by atoms with Gasteiger partial charge in [-0.3, -0.25) is 4.79 Å². The maximum atomic E-state index is 13.0. The summed E-state index contributed by atoms with van der Waals surface area (Å²) in [5.41, 5.74) is 3.07. The summed E-state index contributed by atoms with van der Waals surface area (Å²) in [5, 5.41) is 3.42. The number of carbonyl (C=O) groups is 1. The number of benzene rings is 2. The fourth-order valence-electron chi connectivity index (χ4n) is 3.84. The molecule has 0 radical (unpaired) electrons. The zero-order valence-corrected chi connectivity index (χ0v) is 12.5. The van der Waals surface area contributed by atoms with E-state index in [1.807, 2.05) is 47.4 Å². The van der Waals surface area contributed by atoms with E-state index in [0.717, 1.165) is 37.2 Å². The molecule has 1 N–H and O–H groups in total. The van der Waals surface area contributed by atoms with Gasteiger partial charge in [0.1, 0.15) is 0 Å². The lowest BCUT2D eigenvalue weighted by Gasteiger charge is -2.34. The van der Waals surface area contributed by atoms with Crippen LogP contribution in [0.5, 0.6) is 0 Å². The molecule has 0 spiro atoms. The lowest BCUT2D eigenvalue weighted by atomic mass is 9.85. The van der Waals surface area contributed by atoms with Gasteiger partial charge in [0.15, 0.2) is 0 Å². The third-order valence-corrected chi connectivity index (χ3v) is 4.87. The monoisotopic (exact) mass is 292 g/mol. The minimum Gasteiger partial charge on any atom is -0.317 e. The summed E-state index contributed by atoms with van der Waals surface area (Å²) in [6.07, 6.45) is 2.24. The molecule has 22 heavy (non-hydrogen) atoms. The van der Waals surface area contributed by atoms with E-state index in [1.165, 1.54) is 5.56 Å². The van der Waals surface area contributed by atoms with Crippen LogP contribution in [0.4, 0.5) is 5.69 Å². The molecule has 4 rings (SSSR count). The highest BCUT2D eigenvalue weighted by atomic mass is 16.2. The van der Waals surface area contributed by atoms with Crippen molar-refractivity contribution in [3.8, 4) is 0 Å². The van der Waals surface area contributed by atoms with Gasteiger partial charge in [0.25, 0.3) is 5.91 Å². The van der Waals surface area contributed by atoms with Gasteiger partial charge in [0.2, 0.25) is 0 Å². The molecule has 0 aromatic heterocycles. The lowest BCUT2D eigenvalue weighted by Crippen LogP contribution is -2.37. The fraction of sp³-hybridized carbons (Fsp3) is 0.316. The first-order chi connectivity index (χ1) is 10.9. The molecule has 2 aromatic rings. The van der Waals surface area contributed by atoms with Gasteiger partial charge < -0.3 is 10.2 Å². The van der Waals surface area contributed by atoms with Crippen LogP contribution in [0.2, 0.25) is 0 Å². The minimum atomic E-state index is 0.144. The van der Waals surface area contributed by atoms with Gasteiger partial charge in [0.05, 0.1) is 6.04 Å². The predicted molar refractivity (Wildman–Crippen MR) is 88.0 cm³/mol. The van der Waals surface area contributed by atoms with Crippen LogP contribution in [0.3, 0.4) is 0 Å². The molecule has 2 aromatic carbocycles. The number of nitrogens with one attached hydrogen (secondary N) is 1. The Morgan fingerprint density at radius 2 is 1.59 bits per heavy atom. The van der Waals surface area contributed by atoms with Crippen LogP contribution in [0.25, 0.3) is 0 Å². The van der Waals surface area contributed by atoms with Crippen LogP contribution in [-0.2, 0) is 0 Å². The number of hydrogen-bond donors (Lipinski definition) is 1. The molecule has 1 unspecified atom stereocenters. The second-order valence-electron chi connectivity index (χ2n) is 6.13. The largest absolute Gasteiger partial charge is 0.317 e. The normalized spacial score (nSPS) is 21.9. The Balaban J connectivity index is 1.80. The van der Waals surface area contributed by atoms with Crippen LogP contribution in [0, 0.1) is 5.92 Å². The Bertz CT molecular complexity index is 677. The summed E-state index contributed by atoms with van der Waals surface area (Å²) in [6.45, 7) is 2.08. The molecule has 3 nitrogen and oxygen atoms in total. The van der Waals surface area contributed by atoms with Crippen molar-refractivity contribution in [1.29, 1.82) is 0 Å². The van der Waals surface area contributed by atoms with Crippen LogP contribution in [-0.4, -0.2) is 19.0 Å². The molecule has 2 heterocycles. The van der Waals surface area contributed by atoms with Crippen LogP contribution >= 0.6 is 0 Å². The first-order valence-electron chi connectivity index (χ1n) is 8.04. The number of rotatable bonds is 2. The Morgan fingerprint density at radius 3 is 2.36 bits per heavy atom. The van der Waals surface area contributed by atoms with Crippen LogP contribution in [0.15, 0.2) is 54.6 Å². The number of fused-ring (bicyclic) bond motifs is 1. The van der Waals surface area contributed by atoms with E-state index < -0.39 is 0 Å². The summed E-state index contributed by atoms with van der Waals surface area (Å²) in [6, 6.07) is 18.4. The van der Waals surface area contributed by atoms with Crippen molar-refractivity contribution in [2.75, 3.05) is 18.0 Å². The second kappa shape index (κ2) is 5.58. The van der Waals surface area contributed by atoms with E-state index in [1.54, 1.807) is 0 Å². The number of piperidine rings is 1. The summed E-state index contributed by atoms with van der Waals surface area (Å²) in [7, 11) is 0. The van der Waals surface area contributed by atoms with E-state index in [0.29, 0.717) is 5.92 Å². The van der Waals surface area contributed by atoms with E-state index in [9.17, 15) is 4.79 Å². The molecule has 1 saturated heterocycles. The van der Waals surface area contributed by atoms with Gasteiger partial charge in [-0.1, -0.05) is 36.4 Å². The van der Waals surface area contributed by atoms with Crippen molar-refractivity contribution >= 4 is 11.6 Å². The molecule has 2 aliphatic rings. The molecule has 0 aliphatic carbocycles. The SMILES string of the molecule is O=C1c2ccccc2C(C2CCNCC2)N1c1ccccc1. The van der Waals surface area contributed by atoms with Crippen LogP contribution in [0.1, 0.15) is 34.8 Å². The summed E-state index contributed by atoms with van der Waals surface area (Å²) in [5.74, 6) is 0.666. The molecule has 112 valence electrons. The second-order valence-corrected chi connectivity index (χ2v) is 6.13. The molecular formula is C19H20N2O. The van der Waals surface area contributed by atoms with Crippen molar-refractivity contribution in [2.45, 2.75) is 18.9 Å².